The zero-order valence-corrected chi connectivity index (χ0v) is 13.3. The van der Waals surface area contributed by atoms with Gasteiger partial charge >= 0.3 is 0 Å². The minimum Gasteiger partial charge on any atom is -0.497 e. The van der Waals surface area contributed by atoms with E-state index in [0.29, 0.717) is 0 Å². The minimum atomic E-state index is 0.761. The van der Waals surface area contributed by atoms with Gasteiger partial charge in [0.2, 0.25) is 0 Å². The molecule has 2 aromatic rings. The average molecular weight is 300 g/mol. The Kier molecular flexibility index (Phi) is 6.42. The van der Waals surface area contributed by atoms with Crippen molar-refractivity contribution in [3.8, 4) is 11.5 Å². The Labute approximate surface area is 132 Å². The number of benzene rings is 2. The first kappa shape index (κ1) is 16.0. The maximum absolute atomic E-state index is 5.56. The van der Waals surface area contributed by atoms with Gasteiger partial charge in [0.05, 0.1) is 13.7 Å². The van der Waals surface area contributed by atoms with Crippen molar-refractivity contribution < 1.29 is 9.47 Å². The van der Waals surface area contributed by atoms with E-state index in [1.54, 1.807) is 7.11 Å². The zero-order valence-electron chi connectivity index (χ0n) is 13.3. The van der Waals surface area contributed by atoms with Crippen molar-refractivity contribution >= 4 is 11.4 Å². The summed E-state index contributed by atoms with van der Waals surface area (Å²) in [5.74, 6) is 1.78. The number of hydrogen-bond acceptors (Lipinski definition) is 4. The molecule has 0 saturated heterocycles. The summed E-state index contributed by atoms with van der Waals surface area (Å²) in [5.41, 5.74) is 2.15. The van der Waals surface area contributed by atoms with Crippen LogP contribution in [-0.2, 0) is 0 Å². The quantitative estimate of drug-likeness (QED) is 0.687. The van der Waals surface area contributed by atoms with Gasteiger partial charge in [-0.3, -0.25) is 0 Å². The molecule has 0 aliphatic rings. The van der Waals surface area contributed by atoms with Crippen LogP contribution in [0.5, 0.6) is 11.5 Å². The van der Waals surface area contributed by atoms with Gasteiger partial charge < -0.3 is 20.1 Å². The molecule has 0 amide bonds. The zero-order chi connectivity index (χ0) is 15.6. The fraction of sp³-hybridized carbons (Fsp3) is 0.333. The van der Waals surface area contributed by atoms with E-state index in [-0.39, 0.29) is 0 Å². The lowest BCUT2D eigenvalue weighted by Gasteiger charge is -2.10. The highest BCUT2D eigenvalue weighted by Gasteiger charge is 1.96. The third kappa shape index (κ3) is 5.20. The lowest BCUT2D eigenvalue weighted by atomic mass is 10.3. The van der Waals surface area contributed by atoms with E-state index in [9.17, 15) is 0 Å². The van der Waals surface area contributed by atoms with Crippen molar-refractivity contribution in [2.75, 3.05) is 37.4 Å². The molecule has 4 heteroatoms. The molecule has 22 heavy (non-hydrogen) atoms. The molecule has 118 valence electrons. The molecule has 4 nitrogen and oxygen atoms in total. The molecular formula is C18H24N2O2. The molecule has 2 aromatic carbocycles. The van der Waals surface area contributed by atoms with E-state index >= 15 is 0 Å². The van der Waals surface area contributed by atoms with E-state index in [0.717, 1.165) is 49.0 Å². The largest absolute Gasteiger partial charge is 0.497 e. The first-order chi connectivity index (χ1) is 10.8. The van der Waals surface area contributed by atoms with Gasteiger partial charge in [-0.05, 0) is 42.8 Å². The second kappa shape index (κ2) is 8.82. The van der Waals surface area contributed by atoms with Crippen LogP contribution in [0.4, 0.5) is 11.4 Å². The minimum absolute atomic E-state index is 0.761. The van der Waals surface area contributed by atoms with E-state index in [2.05, 4.69) is 17.6 Å². The highest BCUT2D eigenvalue weighted by molar-refractivity contribution is 5.49. The molecule has 0 fully saturated rings. The number of nitrogens with one attached hydrogen (secondary N) is 2. The molecule has 2 rings (SSSR count). The van der Waals surface area contributed by atoms with Crippen LogP contribution in [-0.4, -0.2) is 26.8 Å². The number of anilines is 2. The van der Waals surface area contributed by atoms with E-state index in [4.69, 9.17) is 9.47 Å². The normalized spacial score (nSPS) is 10.1. The van der Waals surface area contributed by atoms with Crippen LogP contribution in [0, 0.1) is 0 Å². The molecule has 0 bridgehead atoms. The molecule has 0 heterocycles. The van der Waals surface area contributed by atoms with Crippen molar-refractivity contribution in [3.05, 3.63) is 48.5 Å². The summed E-state index contributed by atoms with van der Waals surface area (Å²) in [6, 6.07) is 16.0. The van der Waals surface area contributed by atoms with Crippen molar-refractivity contribution in [1.29, 1.82) is 0 Å². The Hall–Kier alpha value is -2.36. The number of ether oxygens (including phenoxy) is 2. The first-order valence-electron chi connectivity index (χ1n) is 7.66. The molecule has 0 aliphatic carbocycles. The third-order valence-corrected chi connectivity index (χ3v) is 3.18. The van der Waals surface area contributed by atoms with E-state index < -0.39 is 0 Å². The van der Waals surface area contributed by atoms with Crippen LogP contribution < -0.4 is 20.1 Å². The fourth-order valence-corrected chi connectivity index (χ4v) is 2.04. The standard InChI is InChI=1S/C18H24N2O2/c1-3-13-22-17-9-7-15(8-10-17)19-11-12-20-16-5-4-6-18(14-16)21-2/h4-10,14,19-20H,3,11-13H2,1-2H3. The second-order valence-corrected chi connectivity index (χ2v) is 4.96. The van der Waals surface area contributed by atoms with Crippen LogP contribution in [0.1, 0.15) is 13.3 Å². The van der Waals surface area contributed by atoms with Gasteiger partial charge in [-0.15, -0.1) is 0 Å². The Balaban J connectivity index is 1.71. The molecule has 0 spiro atoms. The molecule has 2 N–H and O–H groups in total. The van der Waals surface area contributed by atoms with Gasteiger partial charge in [-0.2, -0.15) is 0 Å². The molecule has 0 saturated carbocycles. The van der Waals surface area contributed by atoms with Crippen LogP contribution in [0.2, 0.25) is 0 Å². The summed E-state index contributed by atoms with van der Waals surface area (Å²) in [5, 5.41) is 6.74. The first-order valence-corrected chi connectivity index (χ1v) is 7.66. The van der Waals surface area contributed by atoms with Gasteiger partial charge in [0.25, 0.3) is 0 Å². The number of methoxy groups -OCH3 is 1. The van der Waals surface area contributed by atoms with Crippen molar-refractivity contribution in [2.24, 2.45) is 0 Å². The predicted molar refractivity (Wildman–Crippen MR) is 92.2 cm³/mol. The summed E-state index contributed by atoms with van der Waals surface area (Å²) < 4.78 is 10.8. The Morgan fingerprint density at radius 1 is 0.864 bits per heavy atom. The van der Waals surface area contributed by atoms with Crippen molar-refractivity contribution in [3.63, 3.8) is 0 Å². The molecule has 0 aliphatic heterocycles. The monoisotopic (exact) mass is 300 g/mol. The lowest BCUT2D eigenvalue weighted by molar-refractivity contribution is 0.317. The van der Waals surface area contributed by atoms with Crippen LogP contribution in [0.3, 0.4) is 0 Å². The summed E-state index contributed by atoms with van der Waals surface area (Å²) >= 11 is 0. The maximum atomic E-state index is 5.56. The van der Waals surface area contributed by atoms with Gasteiger partial charge in [-0.25, -0.2) is 0 Å². The Morgan fingerprint density at radius 3 is 2.27 bits per heavy atom. The molecular weight excluding hydrogens is 276 g/mol. The van der Waals surface area contributed by atoms with Gasteiger partial charge in [0.1, 0.15) is 11.5 Å². The Morgan fingerprint density at radius 2 is 1.59 bits per heavy atom. The predicted octanol–water partition coefficient (Wildman–Crippen LogP) is 4.01. The highest BCUT2D eigenvalue weighted by Crippen LogP contribution is 2.17. The summed E-state index contributed by atoms with van der Waals surface area (Å²) in [6.07, 6.45) is 1.02. The highest BCUT2D eigenvalue weighted by atomic mass is 16.5. The molecule has 0 unspecified atom stereocenters. The van der Waals surface area contributed by atoms with Gasteiger partial charge in [0, 0.05) is 30.5 Å². The van der Waals surface area contributed by atoms with E-state index in [1.807, 2.05) is 48.5 Å². The summed E-state index contributed by atoms with van der Waals surface area (Å²) in [7, 11) is 1.68. The summed E-state index contributed by atoms with van der Waals surface area (Å²) in [6.45, 7) is 4.54. The fourth-order valence-electron chi connectivity index (χ4n) is 2.04. The topological polar surface area (TPSA) is 42.5 Å². The van der Waals surface area contributed by atoms with Gasteiger partial charge in [-0.1, -0.05) is 13.0 Å². The lowest BCUT2D eigenvalue weighted by Crippen LogP contribution is -2.13. The third-order valence-electron chi connectivity index (χ3n) is 3.18. The molecule has 0 aromatic heterocycles. The second-order valence-electron chi connectivity index (χ2n) is 4.96. The SMILES string of the molecule is CCCOc1ccc(NCCNc2cccc(OC)c2)cc1. The van der Waals surface area contributed by atoms with Crippen LogP contribution in [0.25, 0.3) is 0 Å². The average Bonchev–Trinajstić information content (AvgIpc) is 2.58. The maximum Gasteiger partial charge on any atom is 0.120 e. The molecule has 0 radical (unpaired) electrons. The smallest absolute Gasteiger partial charge is 0.120 e. The number of hydrogen-bond donors (Lipinski definition) is 2. The molecule has 0 atom stereocenters. The van der Waals surface area contributed by atoms with E-state index in [1.165, 1.54) is 0 Å². The van der Waals surface area contributed by atoms with Crippen molar-refractivity contribution in [1.82, 2.24) is 0 Å². The number of rotatable bonds is 9. The Bertz CT molecular complexity index is 555. The van der Waals surface area contributed by atoms with Crippen LogP contribution >= 0.6 is 0 Å². The summed E-state index contributed by atoms with van der Waals surface area (Å²) in [4.78, 5) is 0. The van der Waals surface area contributed by atoms with Crippen LogP contribution in [0.15, 0.2) is 48.5 Å². The van der Waals surface area contributed by atoms with Gasteiger partial charge in [0.15, 0.2) is 0 Å². The van der Waals surface area contributed by atoms with Crippen molar-refractivity contribution in [2.45, 2.75) is 13.3 Å².